The SMILES string of the molecule is CCCCN(CCCC)C(=O)c1ccc(=O)[nH]n1. The number of aromatic amines is 1. The van der Waals surface area contributed by atoms with Crippen molar-refractivity contribution in [1.29, 1.82) is 0 Å². The lowest BCUT2D eigenvalue weighted by atomic mass is 10.2. The van der Waals surface area contributed by atoms with Crippen LogP contribution in [0.1, 0.15) is 50.0 Å². The third-order valence-corrected chi connectivity index (χ3v) is 2.75. The number of carbonyl (C=O) groups excluding carboxylic acids is 1. The molecule has 1 aromatic heterocycles. The Kier molecular flexibility index (Phi) is 6.11. The van der Waals surface area contributed by atoms with Gasteiger partial charge in [-0.1, -0.05) is 26.7 Å². The van der Waals surface area contributed by atoms with E-state index in [-0.39, 0.29) is 11.5 Å². The fraction of sp³-hybridized carbons (Fsp3) is 0.615. The van der Waals surface area contributed by atoms with Crippen LogP contribution < -0.4 is 5.56 Å². The van der Waals surface area contributed by atoms with Crippen LogP contribution in [0.3, 0.4) is 0 Å². The van der Waals surface area contributed by atoms with Gasteiger partial charge in [0.05, 0.1) is 0 Å². The van der Waals surface area contributed by atoms with Crippen LogP contribution in [0.2, 0.25) is 0 Å². The van der Waals surface area contributed by atoms with Crippen molar-refractivity contribution < 1.29 is 4.79 Å². The molecule has 0 radical (unpaired) electrons. The second kappa shape index (κ2) is 7.63. The molecule has 1 N–H and O–H groups in total. The highest BCUT2D eigenvalue weighted by Crippen LogP contribution is 2.04. The summed E-state index contributed by atoms with van der Waals surface area (Å²) in [6.45, 7) is 5.69. The van der Waals surface area contributed by atoms with Gasteiger partial charge in [-0.05, 0) is 18.9 Å². The van der Waals surface area contributed by atoms with Crippen molar-refractivity contribution in [1.82, 2.24) is 15.1 Å². The van der Waals surface area contributed by atoms with E-state index in [0.29, 0.717) is 5.69 Å². The van der Waals surface area contributed by atoms with E-state index < -0.39 is 0 Å². The molecule has 0 atom stereocenters. The van der Waals surface area contributed by atoms with Crippen molar-refractivity contribution in [3.63, 3.8) is 0 Å². The van der Waals surface area contributed by atoms with E-state index in [1.54, 1.807) is 0 Å². The summed E-state index contributed by atoms with van der Waals surface area (Å²) in [4.78, 5) is 24.9. The Hall–Kier alpha value is -1.65. The summed E-state index contributed by atoms with van der Waals surface area (Å²) in [7, 11) is 0. The standard InChI is InChI=1S/C13H21N3O2/c1-3-5-9-16(10-6-4-2)13(18)11-7-8-12(17)15-14-11/h7-8H,3-6,9-10H2,1-2H3,(H,15,17). The summed E-state index contributed by atoms with van der Waals surface area (Å²) >= 11 is 0. The zero-order valence-electron chi connectivity index (χ0n) is 11.1. The van der Waals surface area contributed by atoms with E-state index in [1.165, 1.54) is 12.1 Å². The van der Waals surface area contributed by atoms with Crippen molar-refractivity contribution in [2.75, 3.05) is 13.1 Å². The molecule has 1 heterocycles. The Bertz CT molecular complexity index is 400. The van der Waals surface area contributed by atoms with E-state index in [2.05, 4.69) is 24.0 Å². The van der Waals surface area contributed by atoms with Gasteiger partial charge in [-0.2, -0.15) is 5.10 Å². The van der Waals surface area contributed by atoms with E-state index in [4.69, 9.17) is 0 Å². The summed E-state index contributed by atoms with van der Waals surface area (Å²) in [5.41, 5.74) is 0.0158. The van der Waals surface area contributed by atoms with Gasteiger partial charge in [-0.15, -0.1) is 0 Å². The lowest BCUT2D eigenvalue weighted by Crippen LogP contribution is -2.34. The third-order valence-electron chi connectivity index (χ3n) is 2.75. The Labute approximate surface area is 107 Å². The van der Waals surface area contributed by atoms with Crippen LogP contribution in [0.15, 0.2) is 16.9 Å². The molecule has 0 aliphatic rings. The summed E-state index contributed by atoms with van der Waals surface area (Å²) in [6.07, 6.45) is 4.07. The number of hydrogen-bond acceptors (Lipinski definition) is 3. The lowest BCUT2D eigenvalue weighted by Gasteiger charge is -2.21. The zero-order valence-corrected chi connectivity index (χ0v) is 11.1. The molecule has 0 unspecified atom stereocenters. The fourth-order valence-electron chi connectivity index (χ4n) is 1.64. The first kappa shape index (κ1) is 14.4. The molecule has 1 aromatic rings. The Balaban J connectivity index is 2.73. The van der Waals surface area contributed by atoms with E-state index in [9.17, 15) is 9.59 Å². The Morgan fingerprint density at radius 1 is 1.22 bits per heavy atom. The summed E-state index contributed by atoms with van der Waals surface area (Å²) in [5, 5.41) is 6.08. The van der Waals surface area contributed by atoms with Crippen LogP contribution in [0.25, 0.3) is 0 Å². The van der Waals surface area contributed by atoms with Gasteiger partial charge in [0, 0.05) is 19.2 Å². The maximum absolute atomic E-state index is 12.2. The van der Waals surface area contributed by atoms with Crippen LogP contribution in [0, 0.1) is 0 Å². The molecule has 0 spiro atoms. The number of hydrogen-bond donors (Lipinski definition) is 1. The van der Waals surface area contributed by atoms with Gasteiger partial charge >= 0.3 is 0 Å². The number of nitrogens with one attached hydrogen (secondary N) is 1. The number of amides is 1. The number of nitrogens with zero attached hydrogens (tertiary/aromatic N) is 2. The molecule has 5 nitrogen and oxygen atoms in total. The molecule has 0 aromatic carbocycles. The maximum atomic E-state index is 12.2. The second-order valence-electron chi connectivity index (χ2n) is 4.31. The average Bonchev–Trinajstić information content (AvgIpc) is 2.39. The Morgan fingerprint density at radius 2 is 1.83 bits per heavy atom. The van der Waals surface area contributed by atoms with Crippen LogP contribution in [0.5, 0.6) is 0 Å². The molecule has 100 valence electrons. The van der Waals surface area contributed by atoms with Crippen molar-refractivity contribution in [3.05, 3.63) is 28.2 Å². The number of H-pyrrole nitrogens is 1. The predicted molar refractivity (Wildman–Crippen MR) is 70.6 cm³/mol. The average molecular weight is 251 g/mol. The topological polar surface area (TPSA) is 66.1 Å². The minimum atomic E-state index is -0.291. The number of aromatic nitrogens is 2. The van der Waals surface area contributed by atoms with E-state index in [1.807, 2.05) is 4.90 Å². The first-order valence-electron chi connectivity index (χ1n) is 6.54. The van der Waals surface area contributed by atoms with Gasteiger partial charge in [0.25, 0.3) is 11.5 Å². The molecule has 1 amide bonds. The molecule has 0 aliphatic heterocycles. The van der Waals surface area contributed by atoms with E-state index in [0.717, 1.165) is 38.8 Å². The highest BCUT2D eigenvalue weighted by Gasteiger charge is 2.16. The van der Waals surface area contributed by atoms with Crippen molar-refractivity contribution in [2.45, 2.75) is 39.5 Å². The maximum Gasteiger partial charge on any atom is 0.274 e. The number of unbranched alkanes of at least 4 members (excludes halogenated alkanes) is 2. The van der Waals surface area contributed by atoms with Crippen LogP contribution in [-0.2, 0) is 0 Å². The minimum absolute atomic E-state index is 0.104. The van der Waals surface area contributed by atoms with Crippen molar-refractivity contribution in [2.24, 2.45) is 0 Å². The highest BCUT2D eigenvalue weighted by atomic mass is 16.2. The molecule has 0 bridgehead atoms. The van der Waals surface area contributed by atoms with Gasteiger partial charge < -0.3 is 4.90 Å². The normalized spacial score (nSPS) is 10.3. The molecule has 0 fully saturated rings. The van der Waals surface area contributed by atoms with Crippen LogP contribution in [-0.4, -0.2) is 34.1 Å². The molecule has 1 rings (SSSR count). The molecular formula is C13H21N3O2. The summed E-state index contributed by atoms with van der Waals surface area (Å²) in [6, 6.07) is 2.81. The highest BCUT2D eigenvalue weighted by molar-refractivity contribution is 5.92. The fourth-order valence-corrected chi connectivity index (χ4v) is 1.64. The minimum Gasteiger partial charge on any atom is -0.337 e. The first-order chi connectivity index (χ1) is 8.69. The molecule has 5 heteroatoms. The third kappa shape index (κ3) is 4.31. The first-order valence-corrected chi connectivity index (χ1v) is 6.54. The zero-order chi connectivity index (χ0) is 13.4. The largest absolute Gasteiger partial charge is 0.337 e. The molecule has 0 aliphatic carbocycles. The van der Waals surface area contributed by atoms with E-state index >= 15 is 0 Å². The number of rotatable bonds is 7. The van der Waals surface area contributed by atoms with Gasteiger partial charge in [-0.25, -0.2) is 5.10 Å². The molecule has 0 saturated carbocycles. The monoisotopic (exact) mass is 251 g/mol. The van der Waals surface area contributed by atoms with Crippen molar-refractivity contribution in [3.8, 4) is 0 Å². The quantitative estimate of drug-likeness (QED) is 0.803. The van der Waals surface area contributed by atoms with Gasteiger partial charge in [0.1, 0.15) is 5.69 Å². The lowest BCUT2D eigenvalue weighted by molar-refractivity contribution is 0.0744. The number of carbonyl (C=O) groups is 1. The summed E-state index contributed by atoms with van der Waals surface area (Å²) < 4.78 is 0. The van der Waals surface area contributed by atoms with Gasteiger partial charge in [-0.3, -0.25) is 9.59 Å². The molecule has 18 heavy (non-hydrogen) atoms. The predicted octanol–water partition coefficient (Wildman–Crippen LogP) is 1.81. The van der Waals surface area contributed by atoms with Gasteiger partial charge in [0.2, 0.25) is 0 Å². The molecular weight excluding hydrogens is 230 g/mol. The van der Waals surface area contributed by atoms with Crippen molar-refractivity contribution >= 4 is 5.91 Å². The Morgan fingerprint density at radius 3 is 2.28 bits per heavy atom. The smallest absolute Gasteiger partial charge is 0.274 e. The molecule has 0 saturated heterocycles. The second-order valence-corrected chi connectivity index (χ2v) is 4.31. The van der Waals surface area contributed by atoms with Gasteiger partial charge in [0.15, 0.2) is 0 Å². The van der Waals surface area contributed by atoms with Crippen LogP contribution >= 0.6 is 0 Å². The van der Waals surface area contributed by atoms with Crippen LogP contribution in [0.4, 0.5) is 0 Å². The summed E-state index contributed by atoms with van der Waals surface area (Å²) in [5.74, 6) is -0.104.